The van der Waals surface area contributed by atoms with Crippen LogP contribution in [-0.4, -0.2) is 62.7 Å². The van der Waals surface area contributed by atoms with Crippen molar-refractivity contribution in [3.8, 4) is 11.5 Å². The molecule has 8 nitrogen and oxygen atoms in total. The number of amides is 2. The predicted molar refractivity (Wildman–Crippen MR) is 123 cm³/mol. The number of carbonyl (C=O) groups is 2. The van der Waals surface area contributed by atoms with Gasteiger partial charge in [-0.05, 0) is 41.8 Å². The Kier molecular flexibility index (Phi) is 7.15. The first kappa shape index (κ1) is 23.1. The number of methoxy groups -OCH3 is 3. The number of hydrogen-bond acceptors (Lipinski definition) is 6. The van der Waals surface area contributed by atoms with Gasteiger partial charge in [0.25, 0.3) is 0 Å². The molecule has 0 radical (unpaired) electrons. The van der Waals surface area contributed by atoms with Crippen LogP contribution in [0.25, 0.3) is 0 Å². The highest BCUT2D eigenvalue weighted by Gasteiger charge is 2.46. The van der Waals surface area contributed by atoms with E-state index in [9.17, 15) is 9.59 Å². The molecule has 0 spiro atoms. The first-order chi connectivity index (χ1) is 16.0. The van der Waals surface area contributed by atoms with Crippen molar-refractivity contribution < 1.29 is 23.8 Å². The van der Waals surface area contributed by atoms with Crippen LogP contribution in [-0.2, 0) is 33.9 Å². The van der Waals surface area contributed by atoms with Gasteiger partial charge in [0, 0.05) is 38.2 Å². The van der Waals surface area contributed by atoms with E-state index in [0.717, 1.165) is 28.2 Å². The fraction of sp³-hybridized carbons (Fsp3) is 0.440. The fourth-order valence-electron chi connectivity index (χ4n) is 4.61. The number of carbonyl (C=O) groups excluding carboxylic acids is 2. The molecule has 33 heavy (non-hydrogen) atoms. The molecule has 2 saturated heterocycles. The van der Waals surface area contributed by atoms with Gasteiger partial charge in [-0.2, -0.15) is 0 Å². The van der Waals surface area contributed by atoms with Crippen LogP contribution in [0.1, 0.15) is 23.1 Å². The second kappa shape index (κ2) is 10.2. The molecule has 0 aliphatic carbocycles. The maximum absolute atomic E-state index is 13.1. The van der Waals surface area contributed by atoms with E-state index in [4.69, 9.17) is 14.2 Å². The number of piperazine rings is 1. The van der Waals surface area contributed by atoms with Gasteiger partial charge in [-0.1, -0.05) is 18.2 Å². The lowest BCUT2D eigenvalue weighted by atomic mass is 10.0. The Morgan fingerprint density at radius 1 is 1.03 bits per heavy atom. The highest BCUT2D eigenvalue weighted by molar-refractivity contribution is 5.97. The zero-order valence-corrected chi connectivity index (χ0v) is 19.3. The van der Waals surface area contributed by atoms with Crippen molar-refractivity contribution in [2.24, 2.45) is 0 Å². The fourth-order valence-corrected chi connectivity index (χ4v) is 4.61. The molecule has 2 aromatic carbocycles. The van der Waals surface area contributed by atoms with Crippen LogP contribution < -0.4 is 20.1 Å². The minimum Gasteiger partial charge on any atom is -0.497 e. The largest absolute Gasteiger partial charge is 0.497 e. The molecule has 2 fully saturated rings. The number of nitrogens with one attached hydrogen (secondary N) is 2. The van der Waals surface area contributed by atoms with Crippen LogP contribution >= 0.6 is 0 Å². The summed E-state index contributed by atoms with van der Waals surface area (Å²) in [5.41, 5.74) is 3.06. The lowest BCUT2D eigenvalue weighted by molar-refractivity contribution is -0.147. The summed E-state index contributed by atoms with van der Waals surface area (Å²) < 4.78 is 15.8. The molecule has 0 bridgehead atoms. The second-order valence-electron chi connectivity index (χ2n) is 8.51. The van der Waals surface area contributed by atoms with Gasteiger partial charge in [0.2, 0.25) is 11.8 Å². The average Bonchev–Trinajstić information content (AvgIpc) is 3.27. The average molecular weight is 454 g/mol. The van der Waals surface area contributed by atoms with Crippen LogP contribution in [0.3, 0.4) is 0 Å². The number of nitrogens with zero attached hydrogens (tertiary/aromatic N) is 1. The molecule has 2 amide bonds. The Bertz CT molecular complexity index is 994. The highest BCUT2D eigenvalue weighted by atomic mass is 16.5. The van der Waals surface area contributed by atoms with E-state index >= 15 is 0 Å². The second-order valence-corrected chi connectivity index (χ2v) is 8.51. The van der Waals surface area contributed by atoms with Crippen molar-refractivity contribution in [3.63, 3.8) is 0 Å². The normalized spacial score (nSPS) is 22.2. The third kappa shape index (κ3) is 5.12. The summed E-state index contributed by atoms with van der Waals surface area (Å²) in [6.07, 6.45) is 1.07. The number of hydrogen-bond donors (Lipinski definition) is 2. The van der Waals surface area contributed by atoms with Crippen molar-refractivity contribution in [2.45, 2.75) is 44.1 Å². The first-order valence-corrected chi connectivity index (χ1v) is 11.1. The minimum atomic E-state index is -0.543. The molecule has 2 aliphatic heterocycles. The molecular weight excluding hydrogens is 422 g/mol. The standard InChI is InChI=1S/C25H31N3O5/c1-31-15-18-10-17(6-9-23(18)33-3)13-26-19-12-22-24(29)27-21(25(30)28(22)14-19)11-16-4-7-20(32-2)8-5-16/h4-10,19,21-22,26H,11-15H2,1-3H3,(H,27,29)/t19-,21-,22-/m0/s1. The van der Waals surface area contributed by atoms with E-state index in [1.807, 2.05) is 36.4 Å². The van der Waals surface area contributed by atoms with E-state index in [1.54, 1.807) is 26.2 Å². The highest BCUT2D eigenvalue weighted by Crippen LogP contribution is 2.25. The van der Waals surface area contributed by atoms with Crippen LogP contribution in [0.2, 0.25) is 0 Å². The van der Waals surface area contributed by atoms with Gasteiger partial charge >= 0.3 is 0 Å². The molecule has 2 N–H and O–H groups in total. The SMILES string of the molecule is COCc1cc(CN[C@H]2C[C@H]3C(=O)N[C@@H](Cc4ccc(OC)cc4)C(=O)N3C2)ccc1OC. The number of rotatable bonds is 9. The van der Waals surface area contributed by atoms with Crippen LogP contribution in [0.5, 0.6) is 11.5 Å². The van der Waals surface area contributed by atoms with Crippen molar-refractivity contribution >= 4 is 11.8 Å². The molecule has 2 aliphatic rings. The topological polar surface area (TPSA) is 89.1 Å². The van der Waals surface area contributed by atoms with Gasteiger partial charge in [-0.25, -0.2) is 0 Å². The summed E-state index contributed by atoms with van der Waals surface area (Å²) in [6.45, 7) is 1.63. The molecule has 2 aromatic rings. The van der Waals surface area contributed by atoms with E-state index in [1.165, 1.54) is 0 Å². The lowest BCUT2D eigenvalue weighted by Crippen LogP contribution is -2.61. The van der Waals surface area contributed by atoms with Crippen molar-refractivity contribution in [2.75, 3.05) is 27.9 Å². The summed E-state index contributed by atoms with van der Waals surface area (Å²) in [5.74, 6) is 1.46. The molecule has 176 valence electrons. The summed E-state index contributed by atoms with van der Waals surface area (Å²) in [7, 11) is 4.92. The van der Waals surface area contributed by atoms with Gasteiger partial charge in [0.05, 0.1) is 20.8 Å². The molecule has 0 unspecified atom stereocenters. The van der Waals surface area contributed by atoms with E-state index in [0.29, 0.717) is 32.5 Å². The third-order valence-corrected chi connectivity index (χ3v) is 6.34. The van der Waals surface area contributed by atoms with E-state index < -0.39 is 12.1 Å². The maximum Gasteiger partial charge on any atom is 0.246 e. The molecule has 8 heteroatoms. The molecule has 4 rings (SSSR count). The Balaban J connectivity index is 1.37. The van der Waals surface area contributed by atoms with Crippen molar-refractivity contribution in [3.05, 3.63) is 59.2 Å². The van der Waals surface area contributed by atoms with Crippen LogP contribution in [0.4, 0.5) is 0 Å². The molecule has 0 aromatic heterocycles. The Morgan fingerprint density at radius 2 is 1.79 bits per heavy atom. The summed E-state index contributed by atoms with van der Waals surface area (Å²) in [5, 5.41) is 6.44. The zero-order valence-electron chi connectivity index (χ0n) is 19.3. The monoisotopic (exact) mass is 453 g/mol. The van der Waals surface area contributed by atoms with E-state index in [-0.39, 0.29) is 17.9 Å². The predicted octanol–water partition coefficient (Wildman–Crippen LogP) is 1.65. The smallest absolute Gasteiger partial charge is 0.246 e. The van der Waals surface area contributed by atoms with Gasteiger partial charge < -0.3 is 29.7 Å². The van der Waals surface area contributed by atoms with Gasteiger partial charge in [0.15, 0.2) is 0 Å². The van der Waals surface area contributed by atoms with E-state index in [2.05, 4.69) is 16.7 Å². The number of benzene rings is 2. The summed E-state index contributed by atoms with van der Waals surface area (Å²) in [4.78, 5) is 27.6. The van der Waals surface area contributed by atoms with Gasteiger partial charge in [-0.15, -0.1) is 0 Å². The Morgan fingerprint density at radius 3 is 2.48 bits per heavy atom. The number of fused-ring (bicyclic) bond motifs is 1. The molecule has 0 saturated carbocycles. The Hall–Kier alpha value is -3.10. The lowest BCUT2D eigenvalue weighted by Gasteiger charge is -2.34. The molecule has 2 heterocycles. The first-order valence-electron chi connectivity index (χ1n) is 11.1. The third-order valence-electron chi connectivity index (χ3n) is 6.34. The number of ether oxygens (including phenoxy) is 3. The quantitative estimate of drug-likeness (QED) is 0.600. The van der Waals surface area contributed by atoms with Gasteiger partial charge in [0.1, 0.15) is 23.6 Å². The van der Waals surface area contributed by atoms with Crippen molar-refractivity contribution in [1.82, 2.24) is 15.5 Å². The summed E-state index contributed by atoms with van der Waals surface area (Å²) in [6, 6.07) is 12.7. The van der Waals surface area contributed by atoms with Crippen LogP contribution in [0.15, 0.2) is 42.5 Å². The molecule has 3 atom stereocenters. The zero-order chi connectivity index (χ0) is 23.4. The molecular formula is C25H31N3O5. The minimum absolute atomic E-state index is 0.0217. The van der Waals surface area contributed by atoms with Crippen LogP contribution in [0, 0.1) is 0 Å². The van der Waals surface area contributed by atoms with Gasteiger partial charge in [-0.3, -0.25) is 9.59 Å². The summed E-state index contributed by atoms with van der Waals surface area (Å²) >= 11 is 0. The Labute approximate surface area is 194 Å². The maximum atomic E-state index is 13.1. The van der Waals surface area contributed by atoms with Crippen molar-refractivity contribution in [1.29, 1.82) is 0 Å².